The summed E-state index contributed by atoms with van der Waals surface area (Å²) in [5, 5.41) is 7.69. The second-order valence-corrected chi connectivity index (χ2v) is 6.53. The lowest BCUT2D eigenvalue weighted by atomic mass is 10.1. The van der Waals surface area contributed by atoms with E-state index in [0.717, 1.165) is 5.56 Å². The first-order chi connectivity index (χ1) is 8.39. The third kappa shape index (κ3) is 2.66. The van der Waals surface area contributed by atoms with Crippen LogP contribution in [0, 0.1) is 0 Å². The molecule has 0 saturated carbocycles. The van der Waals surface area contributed by atoms with Gasteiger partial charge < -0.3 is 4.57 Å². The molecular formula is C10H9Cl2N3O2S. The van der Waals surface area contributed by atoms with Gasteiger partial charge in [-0.2, -0.15) is 0 Å². The van der Waals surface area contributed by atoms with Gasteiger partial charge in [-0.3, -0.25) is 0 Å². The van der Waals surface area contributed by atoms with Crippen LogP contribution in [0.15, 0.2) is 29.4 Å². The van der Waals surface area contributed by atoms with E-state index >= 15 is 0 Å². The number of aromatic nitrogens is 3. The highest BCUT2D eigenvalue weighted by Crippen LogP contribution is 2.19. The van der Waals surface area contributed by atoms with Crippen molar-refractivity contribution in [2.45, 2.75) is 11.6 Å². The van der Waals surface area contributed by atoms with Crippen LogP contribution in [-0.4, -0.2) is 23.2 Å². The Kier molecular flexibility index (Phi) is 3.61. The van der Waals surface area contributed by atoms with Crippen LogP contribution in [0.5, 0.6) is 0 Å². The summed E-state index contributed by atoms with van der Waals surface area (Å²) in [7, 11) is 2.89. The van der Waals surface area contributed by atoms with E-state index in [1.165, 1.54) is 4.57 Å². The summed E-state index contributed by atoms with van der Waals surface area (Å²) < 4.78 is 23.7. The Morgan fingerprint density at radius 2 is 1.94 bits per heavy atom. The van der Waals surface area contributed by atoms with Crippen LogP contribution in [-0.2, 0) is 22.5 Å². The van der Waals surface area contributed by atoms with Gasteiger partial charge >= 0.3 is 0 Å². The van der Waals surface area contributed by atoms with Gasteiger partial charge in [0.05, 0.1) is 0 Å². The average molecular weight is 306 g/mol. The predicted molar refractivity (Wildman–Crippen MR) is 68.3 cm³/mol. The molecule has 1 heterocycles. The maximum absolute atomic E-state index is 11.2. The van der Waals surface area contributed by atoms with E-state index in [2.05, 4.69) is 10.2 Å². The van der Waals surface area contributed by atoms with Crippen molar-refractivity contribution in [3.05, 3.63) is 40.7 Å². The number of halogens is 2. The topological polar surface area (TPSA) is 64.8 Å². The molecular weight excluding hydrogens is 297 g/mol. The highest BCUT2D eigenvalue weighted by Gasteiger charge is 2.20. The SMILES string of the molecule is Cn1c(Cc2ccccc2Cl)nnc1S(=O)(=O)Cl. The van der Waals surface area contributed by atoms with Crippen molar-refractivity contribution in [2.24, 2.45) is 7.05 Å². The van der Waals surface area contributed by atoms with Gasteiger partial charge in [0.25, 0.3) is 14.2 Å². The number of rotatable bonds is 3. The van der Waals surface area contributed by atoms with E-state index in [1.807, 2.05) is 18.2 Å². The fraction of sp³-hybridized carbons (Fsp3) is 0.200. The van der Waals surface area contributed by atoms with E-state index in [1.54, 1.807) is 13.1 Å². The summed E-state index contributed by atoms with van der Waals surface area (Å²) in [6.07, 6.45) is 0.385. The summed E-state index contributed by atoms with van der Waals surface area (Å²) in [6.45, 7) is 0. The fourth-order valence-electron chi connectivity index (χ4n) is 1.52. The van der Waals surface area contributed by atoms with Crippen molar-refractivity contribution < 1.29 is 8.42 Å². The largest absolute Gasteiger partial charge is 0.304 e. The van der Waals surface area contributed by atoms with E-state index < -0.39 is 9.05 Å². The Hall–Kier alpha value is -1.11. The standard InChI is InChI=1S/C10H9Cl2N3O2S/c1-15-9(13-14-10(15)18(12,16)17)6-7-4-2-3-5-8(7)11/h2-5H,6H2,1H3. The second-order valence-electron chi connectivity index (χ2n) is 3.66. The molecule has 0 fully saturated rings. The van der Waals surface area contributed by atoms with E-state index in [9.17, 15) is 8.42 Å². The maximum atomic E-state index is 11.2. The van der Waals surface area contributed by atoms with Crippen molar-refractivity contribution in [2.75, 3.05) is 0 Å². The molecule has 1 aromatic heterocycles. The molecule has 96 valence electrons. The minimum atomic E-state index is -3.89. The van der Waals surface area contributed by atoms with Crippen LogP contribution in [0.4, 0.5) is 0 Å². The number of nitrogens with zero attached hydrogens (tertiary/aromatic N) is 3. The Balaban J connectivity index is 2.38. The first-order valence-electron chi connectivity index (χ1n) is 4.96. The van der Waals surface area contributed by atoms with Crippen molar-refractivity contribution in [3.8, 4) is 0 Å². The number of benzene rings is 1. The molecule has 0 aliphatic heterocycles. The molecule has 0 saturated heterocycles. The third-order valence-electron chi connectivity index (χ3n) is 2.45. The molecule has 0 spiro atoms. The van der Waals surface area contributed by atoms with Gasteiger partial charge in [-0.15, -0.1) is 10.2 Å². The Morgan fingerprint density at radius 3 is 2.50 bits per heavy atom. The molecule has 0 radical (unpaired) electrons. The minimum absolute atomic E-state index is 0.272. The average Bonchev–Trinajstić information content (AvgIpc) is 2.63. The van der Waals surface area contributed by atoms with Gasteiger partial charge in [0.15, 0.2) is 0 Å². The first kappa shape index (κ1) is 13.3. The Bertz CT molecular complexity index is 682. The van der Waals surface area contributed by atoms with Crippen LogP contribution < -0.4 is 0 Å². The minimum Gasteiger partial charge on any atom is -0.304 e. The van der Waals surface area contributed by atoms with Crippen LogP contribution in [0.2, 0.25) is 5.02 Å². The summed E-state index contributed by atoms with van der Waals surface area (Å²) in [6, 6.07) is 7.26. The second kappa shape index (κ2) is 4.87. The molecule has 0 N–H and O–H groups in total. The maximum Gasteiger partial charge on any atom is 0.296 e. The normalized spacial score (nSPS) is 11.7. The molecule has 8 heteroatoms. The molecule has 0 aliphatic rings. The van der Waals surface area contributed by atoms with Crippen LogP contribution >= 0.6 is 22.3 Å². The molecule has 0 bridgehead atoms. The molecule has 2 rings (SSSR count). The van der Waals surface area contributed by atoms with Gasteiger partial charge in [-0.25, -0.2) is 8.42 Å². The molecule has 0 atom stereocenters. The zero-order valence-corrected chi connectivity index (χ0v) is 11.7. The molecule has 0 aliphatic carbocycles. The quantitative estimate of drug-likeness (QED) is 0.813. The zero-order valence-electron chi connectivity index (χ0n) is 9.34. The Labute approximate surface area is 114 Å². The van der Waals surface area contributed by atoms with Gasteiger partial charge in [-0.05, 0) is 11.6 Å². The smallest absolute Gasteiger partial charge is 0.296 e. The van der Waals surface area contributed by atoms with E-state index in [0.29, 0.717) is 17.3 Å². The van der Waals surface area contributed by atoms with E-state index in [-0.39, 0.29) is 5.16 Å². The summed E-state index contributed by atoms with van der Waals surface area (Å²) in [5.41, 5.74) is 0.841. The van der Waals surface area contributed by atoms with Gasteiger partial charge in [0.1, 0.15) is 5.82 Å². The summed E-state index contributed by atoms with van der Waals surface area (Å²) in [4.78, 5) is 0. The van der Waals surface area contributed by atoms with Crippen molar-refractivity contribution >= 4 is 31.3 Å². The molecule has 0 unspecified atom stereocenters. The monoisotopic (exact) mass is 305 g/mol. The van der Waals surface area contributed by atoms with Crippen LogP contribution in [0.3, 0.4) is 0 Å². The van der Waals surface area contributed by atoms with Gasteiger partial charge in [-0.1, -0.05) is 29.8 Å². The fourth-order valence-corrected chi connectivity index (χ4v) is 2.70. The highest BCUT2D eigenvalue weighted by atomic mass is 35.7. The molecule has 1 aromatic carbocycles. The molecule has 18 heavy (non-hydrogen) atoms. The molecule has 2 aromatic rings. The highest BCUT2D eigenvalue weighted by molar-refractivity contribution is 8.13. The predicted octanol–water partition coefficient (Wildman–Crippen LogP) is 1.99. The van der Waals surface area contributed by atoms with Gasteiger partial charge in [0, 0.05) is 29.2 Å². The third-order valence-corrected chi connectivity index (χ3v) is 4.02. The summed E-state index contributed by atoms with van der Waals surface area (Å²) >= 11 is 6.02. The van der Waals surface area contributed by atoms with Gasteiger partial charge in [0.2, 0.25) is 0 Å². The summed E-state index contributed by atoms with van der Waals surface area (Å²) in [5.74, 6) is 0.474. The van der Waals surface area contributed by atoms with Crippen molar-refractivity contribution in [1.82, 2.24) is 14.8 Å². The van der Waals surface area contributed by atoms with Crippen molar-refractivity contribution in [1.29, 1.82) is 0 Å². The van der Waals surface area contributed by atoms with Crippen LogP contribution in [0.1, 0.15) is 11.4 Å². The lowest BCUT2D eigenvalue weighted by molar-refractivity contribution is 0.591. The van der Waals surface area contributed by atoms with Crippen LogP contribution in [0.25, 0.3) is 0 Å². The molecule has 0 amide bonds. The number of hydrogen-bond donors (Lipinski definition) is 0. The van der Waals surface area contributed by atoms with Crippen molar-refractivity contribution in [3.63, 3.8) is 0 Å². The zero-order chi connectivity index (χ0) is 13.3. The Morgan fingerprint density at radius 1 is 1.28 bits per heavy atom. The lowest BCUT2D eigenvalue weighted by Crippen LogP contribution is -2.05. The number of hydrogen-bond acceptors (Lipinski definition) is 4. The van der Waals surface area contributed by atoms with E-state index in [4.69, 9.17) is 22.3 Å². The first-order valence-corrected chi connectivity index (χ1v) is 7.64. The molecule has 5 nitrogen and oxygen atoms in total. The lowest BCUT2D eigenvalue weighted by Gasteiger charge is -2.04.